The van der Waals surface area contributed by atoms with Crippen molar-refractivity contribution >= 4 is 35.0 Å². The van der Waals surface area contributed by atoms with Gasteiger partial charge >= 0.3 is 0 Å². The molecule has 24 heavy (non-hydrogen) atoms. The molecule has 0 saturated carbocycles. The largest absolute Gasteiger partial charge is 0.325 e. The molecule has 0 aliphatic rings. The van der Waals surface area contributed by atoms with Gasteiger partial charge in [0.1, 0.15) is 5.82 Å². The summed E-state index contributed by atoms with van der Waals surface area (Å²) < 4.78 is 14.8. The molecule has 1 amide bonds. The molecule has 0 fully saturated rings. The highest BCUT2D eigenvalue weighted by molar-refractivity contribution is 7.99. The topological polar surface area (TPSA) is 46.9 Å². The summed E-state index contributed by atoms with van der Waals surface area (Å²) in [6, 6.07) is 13.0. The molecule has 2 aromatic carbocycles. The maximum atomic E-state index is 13.0. The first-order valence-electron chi connectivity index (χ1n) is 7.09. The molecule has 122 valence electrons. The van der Waals surface area contributed by atoms with Gasteiger partial charge in [0.05, 0.1) is 5.75 Å². The number of hydrogen-bond donors (Lipinski definition) is 1. The molecule has 1 N–H and O–H groups in total. The molecule has 0 unspecified atom stereocenters. The zero-order valence-electron chi connectivity index (χ0n) is 12.4. The Morgan fingerprint density at radius 1 is 1.17 bits per heavy atom. The van der Waals surface area contributed by atoms with Gasteiger partial charge in [-0.1, -0.05) is 23.4 Å². The zero-order valence-corrected chi connectivity index (χ0v) is 14.0. The van der Waals surface area contributed by atoms with Crippen LogP contribution >= 0.6 is 23.4 Å². The summed E-state index contributed by atoms with van der Waals surface area (Å²) in [7, 11) is 0. The van der Waals surface area contributed by atoms with E-state index in [4.69, 9.17) is 11.6 Å². The summed E-state index contributed by atoms with van der Waals surface area (Å²) in [5, 5.41) is 4.07. The Hall–Kier alpha value is -2.31. The Morgan fingerprint density at radius 3 is 2.58 bits per heavy atom. The van der Waals surface area contributed by atoms with Crippen LogP contribution in [0.25, 0.3) is 5.69 Å². The highest BCUT2D eigenvalue weighted by atomic mass is 35.5. The molecule has 1 heterocycles. The first-order valence-corrected chi connectivity index (χ1v) is 8.46. The van der Waals surface area contributed by atoms with Crippen LogP contribution in [-0.2, 0) is 4.79 Å². The normalized spacial score (nSPS) is 10.6. The summed E-state index contributed by atoms with van der Waals surface area (Å²) in [4.78, 5) is 16.3. The Labute approximate surface area is 147 Å². The number of halogens is 2. The Bertz CT molecular complexity index is 834. The van der Waals surface area contributed by atoms with Crippen LogP contribution in [0.5, 0.6) is 0 Å². The molecule has 0 aliphatic carbocycles. The molecule has 0 atom stereocenters. The van der Waals surface area contributed by atoms with E-state index < -0.39 is 0 Å². The van der Waals surface area contributed by atoms with Gasteiger partial charge in [0, 0.05) is 28.8 Å². The average molecular weight is 362 g/mol. The van der Waals surface area contributed by atoms with Crippen LogP contribution < -0.4 is 5.32 Å². The van der Waals surface area contributed by atoms with Crippen LogP contribution in [0.3, 0.4) is 0 Å². The van der Waals surface area contributed by atoms with E-state index in [0.29, 0.717) is 15.9 Å². The van der Waals surface area contributed by atoms with Crippen molar-refractivity contribution in [2.75, 3.05) is 11.1 Å². The second kappa shape index (κ2) is 7.51. The Morgan fingerprint density at radius 2 is 1.88 bits per heavy atom. The van der Waals surface area contributed by atoms with Crippen LogP contribution in [0.15, 0.2) is 66.1 Å². The van der Waals surface area contributed by atoms with Gasteiger partial charge in [0.25, 0.3) is 0 Å². The zero-order chi connectivity index (χ0) is 16.9. The van der Waals surface area contributed by atoms with Crippen molar-refractivity contribution in [3.8, 4) is 5.69 Å². The van der Waals surface area contributed by atoms with E-state index in [9.17, 15) is 9.18 Å². The number of carbonyl (C=O) groups is 1. The molecule has 0 saturated heterocycles. The lowest BCUT2D eigenvalue weighted by Gasteiger charge is -2.08. The monoisotopic (exact) mass is 361 g/mol. The number of nitrogens with one attached hydrogen (secondary N) is 1. The maximum Gasteiger partial charge on any atom is 0.234 e. The van der Waals surface area contributed by atoms with Gasteiger partial charge in [0.2, 0.25) is 5.91 Å². The minimum Gasteiger partial charge on any atom is -0.325 e. The SMILES string of the molecule is O=C(CSc1nccn1-c1ccc(F)cc1)Nc1ccc(Cl)cc1. The number of hydrogen-bond acceptors (Lipinski definition) is 3. The van der Waals surface area contributed by atoms with Gasteiger partial charge in [-0.3, -0.25) is 9.36 Å². The highest BCUT2D eigenvalue weighted by Gasteiger charge is 2.09. The van der Waals surface area contributed by atoms with Crippen molar-refractivity contribution in [1.82, 2.24) is 9.55 Å². The van der Waals surface area contributed by atoms with Gasteiger partial charge in [-0.15, -0.1) is 0 Å². The molecular formula is C17H13ClFN3OS. The maximum absolute atomic E-state index is 13.0. The number of benzene rings is 2. The van der Waals surface area contributed by atoms with Crippen molar-refractivity contribution < 1.29 is 9.18 Å². The lowest BCUT2D eigenvalue weighted by atomic mass is 10.3. The molecule has 3 rings (SSSR count). The first kappa shape index (κ1) is 16.5. The summed E-state index contributed by atoms with van der Waals surface area (Å²) in [6.45, 7) is 0. The number of nitrogens with zero attached hydrogens (tertiary/aromatic N) is 2. The standard InChI is InChI=1S/C17H13ClFN3OS/c18-12-1-5-14(6-2-12)21-16(23)11-24-17-20-9-10-22(17)15-7-3-13(19)4-8-15/h1-10H,11H2,(H,21,23). The second-order valence-corrected chi connectivity index (χ2v) is 6.28. The molecule has 0 bridgehead atoms. The predicted octanol–water partition coefficient (Wildman–Crippen LogP) is 4.40. The van der Waals surface area contributed by atoms with Gasteiger partial charge in [0.15, 0.2) is 5.16 Å². The van der Waals surface area contributed by atoms with Crippen molar-refractivity contribution in [3.05, 3.63) is 71.8 Å². The lowest BCUT2D eigenvalue weighted by molar-refractivity contribution is -0.113. The van der Waals surface area contributed by atoms with Crippen molar-refractivity contribution in [3.63, 3.8) is 0 Å². The van der Waals surface area contributed by atoms with E-state index in [1.165, 1.54) is 23.9 Å². The van der Waals surface area contributed by atoms with E-state index >= 15 is 0 Å². The summed E-state index contributed by atoms with van der Waals surface area (Å²) in [5.41, 5.74) is 1.47. The number of imidazole rings is 1. The molecular weight excluding hydrogens is 349 g/mol. The van der Waals surface area contributed by atoms with E-state index in [0.717, 1.165) is 5.69 Å². The number of carbonyl (C=O) groups excluding carboxylic acids is 1. The first-order chi connectivity index (χ1) is 11.6. The van der Waals surface area contributed by atoms with E-state index in [1.807, 2.05) is 0 Å². The van der Waals surface area contributed by atoms with Gasteiger partial charge in [-0.05, 0) is 48.5 Å². The molecule has 3 aromatic rings. The van der Waals surface area contributed by atoms with Gasteiger partial charge in [-0.2, -0.15) is 0 Å². The molecule has 0 radical (unpaired) electrons. The van der Waals surface area contributed by atoms with Crippen LogP contribution in [0.4, 0.5) is 10.1 Å². The summed E-state index contributed by atoms with van der Waals surface area (Å²) in [5.74, 6) is -0.229. The third kappa shape index (κ3) is 4.15. The van der Waals surface area contributed by atoms with Gasteiger partial charge in [-0.25, -0.2) is 9.37 Å². The minimum atomic E-state index is -0.296. The van der Waals surface area contributed by atoms with Gasteiger partial charge < -0.3 is 5.32 Å². The van der Waals surface area contributed by atoms with Crippen LogP contribution in [0.1, 0.15) is 0 Å². The van der Waals surface area contributed by atoms with Crippen molar-refractivity contribution in [2.45, 2.75) is 5.16 Å². The molecule has 0 spiro atoms. The van der Waals surface area contributed by atoms with E-state index in [2.05, 4.69) is 10.3 Å². The summed E-state index contributed by atoms with van der Waals surface area (Å²) in [6.07, 6.45) is 3.41. The smallest absolute Gasteiger partial charge is 0.234 e. The Kier molecular flexibility index (Phi) is 5.17. The quantitative estimate of drug-likeness (QED) is 0.685. The predicted molar refractivity (Wildman–Crippen MR) is 94.3 cm³/mol. The highest BCUT2D eigenvalue weighted by Crippen LogP contribution is 2.21. The van der Waals surface area contributed by atoms with E-state index in [-0.39, 0.29) is 17.5 Å². The fraction of sp³-hybridized carbons (Fsp3) is 0.0588. The van der Waals surface area contributed by atoms with Crippen LogP contribution in [0.2, 0.25) is 5.02 Å². The lowest BCUT2D eigenvalue weighted by Crippen LogP contribution is -2.14. The fourth-order valence-corrected chi connectivity index (χ4v) is 2.95. The third-order valence-electron chi connectivity index (χ3n) is 3.17. The molecule has 1 aromatic heterocycles. The number of amides is 1. The molecule has 4 nitrogen and oxygen atoms in total. The number of thioether (sulfide) groups is 1. The Balaban J connectivity index is 1.63. The fourth-order valence-electron chi connectivity index (χ4n) is 2.06. The van der Waals surface area contributed by atoms with Crippen molar-refractivity contribution in [2.24, 2.45) is 0 Å². The van der Waals surface area contributed by atoms with Crippen LogP contribution in [0, 0.1) is 5.82 Å². The molecule has 0 aliphatic heterocycles. The number of rotatable bonds is 5. The van der Waals surface area contributed by atoms with E-state index in [1.54, 1.807) is 53.4 Å². The summed E-state index contributed by atoms with van der Waals surface area (Å²) >= 11 is 7.11. The van der Waals surface area contributed by atoms with Crippen LogP contribution in [-0.4, -0.2) is 21.2 Å². The third-order valence-corrected chi connectivity index (χ3v) is 4.39. The second-order valence-electron chi connectivity index (χ2n) is 4.90. The average Bonchev–Trinajstić information content (AvgIpc) is 3.04. The number of anilines is 1. The minimum absolute atomic E-state index is 0.143. The molecule has 7 heteroatoms. The number of aromatic nitrogens is 2. The van der Waals surface area contributed by atoms with Crippen molar-refractivity contribution in [1.29, 1.82) is 0 Å².